The van der Waals surface area contributed by atoms with Crippen molar-refractivity contribution in [1.82, 2.24) is 15.1 Å². The highest BCUT2D eigenvalue weighted by Gasteiger charge is 2.16. The van der Waals surface area contributed by atoms with E-state index in [1.165, 1.54) is 0 Å². The van der Waals surface area contributed by atoms with E-state index in [-0.39, 0.29) is 19.4 Å². The van der Waals surface area contributed by atoms with Crippen LogP contribution in [-0.2, 0) is 11.2 Å². The second-order valence-corrected chi connectivity index (χ2v) is 8.92. The van der Waals surface area contributed by atoms with Crippen LogP contribution in [0.25, 0.3) is 22.8 Å². The maximum Gasteiger partial charge on any atom is 0.258 e. The lowest BCUT2D eigenvalue weighted by Gasteiger charge is -2.16. The summed E-state index contributed by atoms with van der Waals surface area (Å²) in [6.07, 6.45) is 0.509. The highest BCUT2D eigenvalue weighted by atomic mass is 16.5. The predicted molar refractivity (Wildman–Crippen MR) is 126 cm³/mol. The van der Waals surface area contributed by atoms with Crippen molar-refractivity contribution in [2.24, 2.45) is 11.7 Å². The number of carbonyl (C=O) groups excluding carboxylic acids is 1. The Morgan fingerprint density at radius 3 is 2.42 bits per heavy atom. The first-order valence-electron chi connectivity index (χ1n) is 11.1. The minimum Gasteiger partial charge on any atom is -0.490 e. The third-order valence-corrected chi connectivity index (χ3v) is 5.16. The van der Waals surface area contributed by atoms with Crippen molar-refractivity contribution >= 4 is 5.91 Å². The number of carbonyl (C=O) groups is 1. The number of hydrogen-bond acceptors (Lipinski definition) is 7. The van der Waals surface area contributed by atoms with E-state index in [2.05, 4.69) is 29.0 Å². The largest absolute Gasteiger partial charge is 0.490 e. The van der Waals surface area contributed by atoms with Gasteiger partial charge in [0.2, 0.25) is 11.7 Å². The van der Waals surface area contributed by atoms with Gasteiger partial charge in [0.1, 0.15) is 12.4 Å². The van der Waals surface area contributed by atoms with Crippen molar-refractivity contribution in [3.8, 4) is 28.6 Å². The van der Waals surface area contributed by atoms with Gasteiger partial charge in [-0.25, -0.2) is 0 Å². The fourth-order valence-corrected chi connectivity index (χ4v) is 3.72. The Kier molecular flexibility index (Phi) is 7.81. The third-order valence-electron chi connectivity index (χ3n) is 5.16. The van der Waals surface area contributed by atoms with Crippen molar-refractivity contribution in [3.63, 3.8) is 0 Å². The van der Waals surface area contributed by atoms with Gasteiger partial charge < -0.3 is 20.1 Å². The summed E-state index contributed by atoms with van der Waals surface area (Å²) in [5.41, 5.74) is 10.5. The molecular weight excluding hydrogens is 420 g/mol. The number of aryl methyl sites for hydroxylation is 3. The molecule has 176 valence electrons. The number of nitrogens with zero attached hydrogens (tertiary/aromatic N) is 3. The van der Waals surface area contributed by atoms with Crippen LogP contribution in [0.15, 0.2) is 28.8 Å². The first-order valence-corrected chi connectivity index (χ1v) is 11.1. The molecular formula is C25H32N4O4. The number of benzene rings is 1. The molecule has 8 nitrogen and oxygen atoms in total. The lowest BCUT2D eigenvalue weighted by atomic mass is 10.0. The second-order valence-electron chi connectivity index (χ2n) is 8.92. The first kappa shape index (κ1) is 24.4. The Morgan fingerprint density at radius 2 is 1.79 bits per heavy atom. The van der Waals surface area contributed by atoms with Crippen LogP contribution in [0.5, 0.6) is 5.75 Å². The molecule has 1 amide bonds. The Hall–Kier alpha value is -3.26. The Morgan fingerprint density at radius 1 is 1.09 bits per heavy atom. The minimum atomic E-state index is -0.764. The zero-order chi connectivity index (χ0) is 24.1. The maximum absolute atomic E-state index is 10.9. The normalized spacial score (nSPS) is 12.2. The standard InChI is InChI=1S/C25H32N4O4/c1-14(2)8-20-12-19(11-17(5)27-20)25-28-24(29-33-25)18-9-15(3)23(16(4)10-18)32-13-21(30)6-7-22(26)31/h9-12,14,21,30H,6-8,13H2,1-5H3,(H2,26,31). The molecule has 33 heavy (non-hydrogen) atoms. The van der Waals surface area contributed by atoms with Gasteiger partial charge in [0.15, 0.2) is 0 Å². The minimum absolute atomic E-state index is 0.0841. The lowest BCUT2D eigenvalue weighted by molar-refractivity contribution is -0.118. The van der Waals surface area contributed by atoms with E-state index in [0.29, 0.717) is 23.4 Å². The van der Waals surface area contributed by atoms with Crippen molar-refractivity contribution in [2.75, 3.05) is 6.61 Å². The van der Waals surface area contributed by atoms with E-state index in [4.69, 9.17) is 15.0 Å². The van der Waals surface area contributed by atoms with Gasteiger partial charge >= 0.3 is 0 Å². The van der Waals surface area contributed by atoms with E-state index >= 15 is 0 Å². The smallest absolute Gasteiger partial charge is 0.258 e. The Labute approximate surface area is 194 Å². The summed E-state index contributed by atoms with van der Waals surface area (Å²) in [7, 11) is 0. The van der Waals surface area contributed by atoms with Crippen LogP contribution >= 0.6 is 0 Å². The highest BCUT2D eigenvalue weighted by molar-refractivity contribution is 5.73. The zero-order valence-corrected chi connectivity index (χ0v) is 19.9. The van der Waals surface area contributed by atoms with Crippen LogP contribution in [0, 0.1) is 26.7 Å². The number of pyridine rings is 1. The van der Waals surface area contributed by atoms with Gasteiger partial charge in [0.25, 0.3) is 5.89 Å². The molecule has 0 bridgehead atoms. The fraction of sp³-hybridized carbons (Fsp3) is 0.440. The number of amides is 1. The summed E-state index contributed by atoms with van der Waals surface area (Å²) in [5.74, 6) is 1.69. The van der Waals surface area contributed by atoms with Gasteiger partial charge in [-0.05, 0) is 74.9 Å². The van der Waals surface area contributed by atoms with E-state index in [0.717, 1.165) is 40.1 Å². The van der Waals surface area contributed by atoms with Gasteiger partial charge in [-0.3, -0.25) is 9.78 Å². The predicted octanol–water partition coefficient (Wildman–Crippen LogP) is 3.93. The van der Waals surface area contributed by atoms with Crippen molar-refractivity contribution in [1.29, 1.82) is 0 Å². The summed E-state index contributed by atoms with van der Waals surface area (Å²) in [4.78, 5) is 20.1. The molecule has 0 fully saturated rings. The molecule has 3 aromatic rings. The monoisotopic (exact) mass is 452 g/mol. The highest BCUT2D eigenvalue weighted by Crippen LogP contribution is 2.30. The number of aromatic nitrogens is 3. The summed E-state index contributed by atoms with van der Waals surface area (Å²) in [6.45, 7) is 10.2. The number of hydrogen-bond donors (Lipinski definition) is 2. The van der Waals surface area contributed by atoms with E-state index < -0.39 is 12.0 Å². The topological polar surface area (TPSA) is 124 Å². The van der Waals surface area contributed by atoms with Gasteiger partial charge in [0, 0.05) is 28.9 Å². The molecule has 0 saturated carbocycles. The summed E-state index contributed by atoms with van der Waals surface area (Å²) in [5, 5.41) is 14.2. The Balaban J connectivity index is 1.78. The van der Waals surface area contributed by atoms with Crippen LogP contribution in [0.3, 0.4) is 0 Å². The molecule has 2 heterocycles. The van der Waals surface area contributed by atoms with E-state index in [1.54, 1.807) is 0 Å². The first-order chi connectivity index (χ1) is 15.6. The molecule has 3 N–H and O–H groups in total. The van der Waals surface area contributed by atoms with E-state index in [9.17, 15) is 9.90 Å². The summed E-state index contributed by atoms with van der Waals surface area (Å²) < 4.78 is 11.4. The van der Waals surface area contributed by atoms with E-state index in [1.807, 2.05) is 45.0 Å². The van der Waals surface area contributed by atoms with Gasteiger partial charge in [-0.1, -0.05) is 19.0 Å². The molecule has 0 spiro atoms. The molecule has 1 atom stereocenters. The molecule has 0 aliphatic rings. The lowest BCUT2D eigenvalue weighted by Crippen LogP contribution is -2.21. The quantitative estimate of drug-likeness (QED) is 0.477. The average Bonchev–Trinajstić information content (AvgIpc) is 3.21. The number of nitrogens with two attached hydrogens (primary N) is 1. The molecule has 0 aliphatic heterocycles. The molecule has 1 aromatic carbocycles. The number of aliphatic hydroxyl groups is 1. The fourth-order valence-electron chi connectivity index (χ4n) is 3.72. The average molecular weight is 453 g/mol. The number of rotatable bonds is 10. The van der Waals surface area contributed by atoms with Crippen LogP contribution in [0.1, 0.15) is 49.2 Å². The zero-order valence-electron chi connectivity index (χ0n) is 19.9. The molecule has 3 rings (SSSR count). The second kappa shape index (κ2) is 10.6. The van der Waals surface area contributed by atoms with Crippen molar-refractivity contribution in [2.45, 2.75) is 60.0 Å². The SMILES string of the molecule is Cc1cc(-c2nc(-c3cc(C)c(OCC(O)CCC(N)=O)c(C)c3)no2)cc(CC(C)C)n1. The summed E-state index contributed by atoms with van der Waals surface area (Å²) >= 11 is 0. The van der Waals surface area contributed by atoms with Crippen molar-refractivity contribution in [3.05, 3.63) is 46.8 Å². The molecule has 1 unspecified atom stereocenters. The van der Waals surface area contributed by atoms with Crippen LogP contribution in [0.2, 0.25) is 0 Å². The van der Waals surface area contributed by atoms with Gasteiger partial charge in [0.05, 0.1) is 6.10 Å². The number of aliphatic hydroxyl groups excluding tert-OH is 1. The molecule has 2 aromatic heterocycles. The van der Waals surface area contributed by atoms with Crippen LogP contribution in [0.4, 0.5) is 0 Å². The van der Waals surface area contributed by atoms with Crippen LogP contribution < -0.4 is 10.5 Å². The molecule has 0 aliphatic carbocycles. The molecule has 0 saturated heterocycles. The van der Waals surface area contributed by atoms with Gasteiger partial charge in [-0.15, -0.1) is 0 Å². The molecule has 8 heteroatoms. The number of ether oxygens (including phenoxy) is 1. The summed E-state index contributed by atoms with van der Waals surface area (Å²) in [6, 6.07) is 7.79. The Bertz CT molecular complexity index is 1100. The van der Waals surface area contributed by atoms with Crippen molar-refractivity contribution < 1.29 is 19.2 Å². The third kappa shape index (κ3) is 6.61. The maximum atomic E-state index is 10.9. The van der Waals surface area contributed by atoms with Gasteiger partial charge in [-0.2, -0.15) is 4.98 Å². The molecule has 0 radical (unpaired) electrons. The number of primary amides is 1. The van der Waals surface area contributed by atoms with Crippen LogP contribution in [-0.4, -0.2) is 38.8 Å².